The van der Waals surface area contributed by atoms with Crippen molar-refractivity contribution in [1.29, 1.82) is 0 Å². The van der Waals surface area contributed by atoms with Crippen LogP contribution in [0.5, 0.6) is 0 Å². The Morgan fingerprint density at radius 3 is 1.59 bits per heavy atom. The predicted molar refractivity (Wildman–Crippen MR) is 207 cm³/mol. The van der Waals surface area contributed by atoms with Crippen LogP contribution in [-0.2, 0) is 14.3 Å². The highest BCUT2D eigenvalue weighted by Crippen LogP contribution is 2.22. The molecule has 0 aliphatic carbocycles. The van der Waals surface area contributed by atoms with E-state index in [-0.39, 0.29) is 12.5 Å². The Morgan fingerprint density at radius 2 is 1.10 bits per heavy atom. The van der Waals surface area contributed by atoms with E-state index in [1.54, 1.807) is 6.08 Å². The number of aliphatic hydroxyl groups excluding tert-OH is 5. The highest BCUT2D eigenvalue weighted by Gasteiger charge is 2.44. The van der Waals surface area contributed by atoms with Gasteiger partial charge in [0.1, 0.15) is 24.4 Å². The number of hydrogen-bond donors (Lipinski definition) is 6. The van der Waals surface area contributed by atoms with Crippen molar-refractivity contribution in [2.24, 2.45) is 0 Å². The van der Waals surface area contributed by atoms with Gasteiger partial charge in [-0.25, -0.2) is 0 Å². The van der Waals surface area contributed by atoms with Gasteiger partial charge in [-0.2, -0.15) is 0 Å². The van der Waals surface area contributed by atoms with Crippen molar-refractivity contribution < 1.29 is 39.8 Å². The number of amides is 1. The molecule has 0 radical (unpaired) electrons. The van der Waals surface area contributed by atoms with Gasteiger partial charge in [-0.3, -0.25) is 4.79 Å². The highest BCUT2D eigenvalue weighted by molar-refractivity contribution is 5.76. The largest absolute Gasteiger partial charge is 0.394 e. The molecule has 7 atom stereocenters. The van der Waals surface area contributed by atoms with Gasteiger partial charge >= 0.3 is 0 Å². The van der Waals surface area contributed by atoms with Crippen molar-refractivity contribution >= 4 is 5.91 Å². The van der Waals surface area contributed by atoms with Crippen molar-refractivity contribution in [1.82, 2.24) is 5.32 Å². The molecule has 0 saturated carbocycles. The van der Waals surface area contributed by atoms with Crippen LogP contribution in [0.15, 0.2) is 24.3 Å². The third-order valence-corrected chi connectivity index (χ3v) is 10.0. The summed E-state index contributed by atoms with van der Waals surface area (Å²) in [5.74, 6) is -0.184. The zero-order valence-electron chi connectivity index (χ0n) is 32.6. The summed E-state index contributed by atoms with van der Waals surface area (Å²) < 4.78 is 11.1. The predicted octanol–water partition coefficient (Wildman–Crippen LogP) is 7.94. The topological polar surface area (TPSA) is 149 Å². The van der Waals surface area contributed by atoms with E-state index in [0.29, 0.717) is 6.42 Å². The number of unbranched alkanes of at least 4 members (excludes halogenated alkanes) is 22. The van der Waals surface area contributed by atoms with Crippen LogP contribution in [0.3, 0.4) is 0 Å². The molecule has 9 heteroatoms. The van der Waals surface area contributed by atoms with Gasteiger partial charge in [-0.05, 0) is 44.9 Å². The van der Waals surface area contributed by atoms with E-state index in [2.05, 4.69) is 31.3 Å². The number of carbonyl (C=O) groups is 1. The van der Waals surface area contributed by atoms with Crippen LogP contribution < -0.4 is 5.32 Å². The molecule has 1 saturated heterocycles. The quantitative estimate of drug-likeness (QED) is 0.0289. The van der Waals surface area contributed by atoms with Gasteiger partial charge in [-0.1, -0.05) is 154 Å². The third kappa shape index (κ3) is 24.6. The van der Waals surface area contributed by atoms with E-state index in [1.165, 1.54) is 122 Å². The molecule has 0 spiro atoms. The molecule has 1 aliphatic heterocycles. The second kappa shape index (κ2) is 33.3. The molecule has 7 unspecified atom stereocenters. The molecular weight excluding hydrogens is 646 g/mol. The first-order valence-electron chi connectivity index (χ1n) is 21.1. The lowest BCUT2D eigenvalue weighted by Gasteiger charge is -2.40. The first kappa shape index (κ1) is 47.7. The fraction of sp³-hybridized carbons (Fsp3) is 0.881. The Kier molecular flexibility index (Phi) is 31.1. The molecule has 0 aromatic heterocycles. The van der Waals surface area contributed by atoms with Crippen LogP contribution >= 0.6 is 0 Å². The zero-order chi connectivity index (χ0) is 37.4. The molecule has 0 aromatic rings. The van der Waals surface area contributed by atoms with Crippen LogP contribution in [0.4, 0.5) is 0 Å². The Bertz CT molecular complexity index is 853. The first-order chi connectivity index (χ1) is 24.8. The second-order valence-corrected chi connectivity index (χ2v) is 14.8. The minimum atomic E-state index is -1.56. The standard InChI is InChI=1S/C42H79NO8/c1-3-5-7-9-11-12-13-14-15-16-17-18-19-20-21-22-23-24-26-28-30-32-38(46)43-35(36(45)31-29-27-25-10-8-6-4-2)34-50-42-41(49)40(48)39(47)37(33-44)51-42/h16-17,29,31,35-37,39-42,44-45,47-49H,3-15,18-28,30,32-34H2,1-2H3,(H,43,46)/b17-16-,31-29+. The van der Waals surface area contributed by atoms with Gasteiger partial charge in [0.05, 0.1) is 25.4 Å². The lowest BCUT2D eigenvalue weighted by Crippen LogP contribution is -2.60. The molecule has 300 valence electrons. The van der Waals surface area contributed by atoms with Gasteiger partial charge in [0.2, 0.25) is 5.91 Å². The van der Waals surface area contributed by atoms with Crippen LogP contribution in [0.1, 0.15) is 181 Å². The van der Waals surface area contributed by atoms with Crippen molar-refractivity contribution in [3.63, 3.8) is 0 Å². The maximum atomic E-state index is 12.9. The molecule has 1 fully saturated rings. The van der Waals surface area contributed by atoms with Gasteiger partial charge in [-0.15, -0.1) is 0 Å². The number of carbonyl (C=O) groups excluding carboxylic acids is 1. The van der Waals surface area contributed by atoms with E-state index in [1.807, 2.05) is 6.08 Å². The summed E-state index contributed by atoms with van der Waals surface area (Å²) in [6.07, 6.45) is 31.0. The van der Waals surface area contributed by atoms with Crippen molar-refractivity contribution in [2.45, 2.75) is 224 Å². The van der Waals surface area contributed by atoms with Gasteiger partial charge in [0, 0.05) is 6.42 Å². The Hall–Kier alpha value is -1.33. The Balaban J connectivity index is 2.26. The zero-order valence-corrected chi connectivity index (χ0v) is 32.6. The summed E-state index contributed by atoms with van der Waals surface area (Å²) in [6.45, 7) is 3.70. The second-order valence-electron chi connectivity index (χ2n) is 14.8. The van der Waals surface area contributed by atoms with Crippen molar-refractivity contribution in [3.8, 4) is 0 Å². The SMILES string of the molecule is CCCCCCC/C=C/C(O)C(COC1OC(CO)C(O)C(O)C1O)NC(=O)CCCCCCCCCCC/C=C\CCCCCCCCCC. The van der Waals surface area contributed by atoms with Gasteiger partial charge in [0.15, 0.2) is 6.29 Å². The number of aliphatic hydroxyl groups is 5. The monoisotopic (exact) mass is 726 g/mol. The highest BCUT2D eigenvalue weighted by atomic mass is 16.7. The molecule has 1 heterocycles. The minimum absolute atomic E-state index is 0.184. The summed E-state index contributed by atoms with van der Waals surface area (Å²) in [4.78, 5) is 12.9. The molecule has 51 heavy (non-hydrogen) atoms. The minimum Gasteiger partial charge on any atom is -0.394 e. The van der Waals surface area contributed by atoms with Crippen molar-refractivity contribution in [3.05, 3.63) is 24.3 Å². The summed E-state index contributed by atoms with van der Waals surface area (Å²) >= 11 is 0. The molecule has 1 rings (SSSR count). The number of allylic oxidation sites excluding steroid dienone is 3. The summed E-state index contributed by atoms with van der Waals surface area (Å²) in [6, 6.07) is -0.799. The summed E-state index contributed by atoms with van der Waals surface area (Å²) in [7, 11) is 0. The van der Waals surface area contributed by atoms with Crippen LogP contribution in [0, 0.1) is 0 Å². The van der Waals surface area contributed by atoms with Gasteiger partial charge in [0.25, 0.3) is 0 Å². The maximum absolute atomic E-state index is 12.9. The van der Waals surface area contributed by atoms with Crippen LogP contribution in [0.2, 0.25) is 0 Å². The average Bonchev–Trinajstić information content (AvgIpc) is 3.13. The van der Waals surface area contributed by atoms with E-state index in [9.17, 15) is 30.3 Å². The molecule has 1 aliphatic rings. The third-order valence-electron chi connectivity index (χ3n) is 10.0. The molecule has 0 aromatic carbocycles. The first-order valence-corrected chi connectivity index (χ1v) is 21.1. The lowest BCUT2D eigenvalue weighted by atomic mass is 9.99. The number of nitrogens with one attached hydrogen (secondary N) is 1. The summed E-state index contributed by atoms with van der Waals surface area (Å²) in [5.41, 5.74) is 0. The number of hydrogen-bond acceptors (Lipinski definition) is 8. The molecule has 9 nitrogen and oxygen atoms in total. The maximum Gasteiger partial charge on any atom is 0.220 e. The van der Waals surface area contributed by atoms with Gasteiger partial charge < -0.3 is 40.3 Å². The number of ether oxygens (including phenoxy) is 2. The Labute approximate surface area is 311 Å². The smallest absolute Gasteiger partial charge is 0.220 e. The van der Waals surface area contributed by atoms with E-state index >= 15 is 0 Å². The van der Waals surface area contributed by atoms with Crippen LogP contribution in [-0.4, -0.2) is 87.5 Å². The molecule has 1 amide bonds. The molecular formula is C42H79NO8. The fourth-order valence-corrected chi connectivity index (χ4v) is 6.56. The van der Waals surface area contributed by atoms with E-state index in [0.717, 1.165) is 38.5 Å². The normalized spacial score (nSPS) is 22.2. The summed E-state index contributed by atoms with van der Waals surface area (Å²) in [5, 5.41) is 53.8. The Morgan fingerprint density at radius 1 is 0.647 bits per heavy atom. The number of rotatable bonds is 34. The average molecular weight is 726 g/mol. The lowest BCUT2D eigenvalue weighted by molar-refractivity contribution is -0.302. The molecule has 0 bridgehead atoms. The fourth-order valence-electron chi connectivity index (χ4n) is 6.56. The van der Waals surface area contributed by atoms with E-state index in [4.69, 9.17) is 9.47 Å². The van der Waals surface area contributed by atoms with Crippen LogP contribution in [0.25, 0.3) is 0 Å². The molecule has 6 N–H and O–H groups in total. The van der Waals surface area contributed by atoms with E-state index < -0.39 is 49.5 Å². The van der Waals surface area contributed by atoms with Crippen molar-refractivity contribution in [2.75, 3.05) is 13.2 Å².